The largest absolute Gasteiger partial charge is 0.466 e. The van der Waals surface area contributed by atoms with Gasteiger partial charge in [-0.25, -0.2) is 4.79 Å². The van der Waals surface area contributed by atoms with Crippen LogP contribution < -0.4 is 0 Å². The smallest absolute Gasteiger partial charge is 0.330 e. The van der Waals surface area contributed by atoms with Gasteiger partial charge in [-0.05, 0) is 62.2 Å². The van der Waals surface area contributed by atoms with Crippen LogP contribution in [0.25, 0.3) is 0 Å². The molecule has 0 aromatic carbocycles. The normalized spacial score (nSPS) is 34.3. The van der Waals surface area contributed by atoms with Gasteiger partial charge in [0.2, 0.25) is 0 Å². The first-order valence-electron chi connectivity index (χ1n) is 7.11. The lowest BCUT2D eigenvalue weighted by molar-refractivity contribution is -0.134. The maximum atomic E-state index is 10.9. The average molecular weight is 252 g/mol. The number of esters is 1. The first-order chi connectivity index (χ1) is 8.76. The van der Waals surface area contributed by atoms with Crippen LogP contribution in [0.2, 0.25) is 0 Å². The number of aliphatic hydroxyl groups is 1. The lowest BCUT2D eigenvalue weighted by Gasteiger charge is -2.29. The number of fused-ring (bicyclic) bond motifs is 2. The first-order valence-corrected chi connectivity index (χ1v) is 7.11. The van der Waals surface area contributed by atoms with E-state index in [4.69, 9.17) is 0 Å². The second kappa shape index (κ2) is 6.37. The van der Waals surface area contributed by atoms with Gasteiger partial charge >= 0.3 is 5.97 Å². The minimum atomic E-state index is -0.275. The van der Waals surface area contributed by atoms with Crippen molar-refractivity contribution in [2.75, 3.05) is 13.7 Å². The summed E-state index contributed by atoms with van der Waals surface area (Å²) >= 11 is 0. The molecule has 0 heterocycles. The highest BCUT2D eigenvalue weighted by Crippen LogP contribution is 2.53. The molecule has 2 bridgehead atoms. The van der Waals surface area contributed by atoms with Crippen LogP contribution >= 0.6 is 0 Å². The summed E-state index contributed by atoms with van der Waals surface area (Å²) in [5.41, 5.74) is 0. The Morgan fingerprint density at radius 3 is 2.72 bits per heavy atom. The Kier molecular flexibility index (Phi) is 4.81. The molecule has 18 heavy (non-hydrogen) atoms. The number of carbonyl (C=O) groups is 1. The van der Waals surface area contributed by atoms with E-state index in [2.05, 4.69) is 4.74 Å². The fourth-order valence-electron chi connectivity index (χ4n) is 3.98. The maximum absolute atomic E-state index is 10.9. The van der Waals surface area contributed by atoms with Gasteiger partial charge in [0.25, 0.3) is 0 Å². The minimum Gasteiger partial charge on any atom is -0.466 e. The molecule has 3 nitrogen and oxygen atoms in total. The van der Waals surface area contributed by atoms with E-state index < -0.39 is 0 Å². The van der Waals surface area contributed by atoms with Crippen LogP contribution in [0.3, 0.4) is 0 Å². The number of methoxy groups -OCH3 is 1. The summed E-state index contributed by atoms with van der Waals surface area (Å²) < 4.78 is 4.55. The number of ether oxygens (including phenoxy) is 1. The van der Waals surface area contributed by atoms with Crippen molar-refractivity contribution in [2.45, 2.75) is 38.5 Å². The second-order valence-electron chi connectivity index (χ2n) is 5.70. The quantitative estimate of drug-likeness (QED) is 0.449. The third-order valence-corrected chi connectivity index (χ3v) is 4.85. The van der Waals surface area contributed by atoms with E-state index >= 15 is 0 Å². The van der Waals surface area contributed by atoms with Gasteiger partial charge in [-0.2, -0.15) is 0 Å². The first kappa shape index (κ1) is 13.6. The van der Waals surface area contributed by atoms with Gasteiger partial charge in [0.05, 0.1) is 7.11 Å². The maximum Gasteiger partial charge on any atom is 0.330 e. The van der Waals surface area contributed by atoms with Crippen molar-refractivity contribution in [2.24, 2.45) is 23.7 Å². The zero-order chi connectivity index (χ0) is 13.0. The number of aliphatic hydroxyl groups excluding tert-OH is 1. The fourth-order valence-corrected chi connectivity index (χ4v) is 3.98. The Labute approximate surface area is 109 Å². The summed E-state index contributed by atoms with van der Waals surface area (Å²) in [5.74, 6) is 2.64. The predicted octanol–water partition coefficient (Wildman–Crippen LogP) is 2.54. The van der Waals surface area contributed by atoms with Crippen molar-refractivity contribution >= 4 is 5.97 Å². The van der Waals surface area contributed by atoms with Crippen LogP contribution in [-0.2, 0) is 9.53 Å². The standard InChI is InChI=1S/C15H24O3/c1-18-15(17)6-4-2-3-5-13-11-7-8-12(9-11)14(13)10-16/h4,6,11-14,16H,2-3,5,7-10H2,1H3/b6-4+. The highest BCUT2D eigenvalue weighted by molar-refractivity contribution is 5.81. The summed E-state index contributed by atoms with van der Waals surface area (Å²) in [5, 5.41) is 9.49. The Bertz CT molecular complexity index is 311. The molecule has 4 atom stereocenters. The molecular weight excluding hydrogens is 228 g/mol. The van der Waals surface area contributed by atoms with E-state index in [1.807, 2.05) is 6.08 Å². The van der Waals surface area contributed by atoms with Gasteiger partial charge in [-0.1, -0.05) is 6.08 Å². The molecule has 2 saturated carbocycles. The Morgan fingerprint density at radius 2 is 2.06 bits per heavy atom. The van der Waals surface area contributed by atoms with Crippen molar-refractivity contribution < 1.29 is 14.6 Å². The molecule has 2 aliphatic carbocycles. The lowest BCUT2D eigenvalue weighted by Crippen LogP contribution is -2.25. The molecule has 0 aliphatic heterocycles. The number of unbranched alkanes of at least 4 members (excludes halogenated alkanes) is 1. The van der Waals surface area contributed by atoms with Crippen molar-refractivity contribution in [1.82, 2.24) is 0 Å². The molecular formula is C15H24O3. The third-order valence-electron chi connectivity index (χ3n) is 4.85. The topological polar surface area (TPSA) is 46.5 Å². The average Bonchev–Trinajstić information content (AvgIpc) is 2.98. The van der Waals surface area contributed by atoms with Crippen LogP contribution in [0.4, 0.5) is 0 Å². The summed E-state index contributed by atoms with van der Waals surface area (Å²) in [7, 11) is 1.40. The molecule has 1 N–H and O–H groups in total. The van der Waals surface area contributed by atoms with Crippen LogP contribution in [0, 0.1) is 23.7 Å². The molecule has 0 saturated heterocycles. The molecule has 4 unspecified atom stereocenters. The lowest BCUT2D eigenvalue weighted by atomic mass is 9.77. The summed E-state index contributed by atoms with van der Waals surface area (Å²) in [6, 6.07) is 0. The second-order valence-corrected chi connectivity index (χ2v) is 5.70. The number of hydrogen-bond donors (Lipinski definition) is 1. The van der Waals surface area contributed by atoms with Crippen molar-refractivity contribution in [3.05, 3.63) is 12.2 Å². The van der Waals surface area contributed by atoms with Gasteiger partial charge < -0.3 is 9.84 Å². The summed E-state index contributed by atoms with van der Waals surface area (Å²) in [6.07, 6.45) is 10.7. The molecule has 0 spiro atoms. The van der Waals surface area contributed by atoms with Crippen LogP contribution in [0.5, 0.6) is 0 Å². The van der Waals surface area contributed by atoms with Gasteiger partial charge in [-0.15, -0.1) is 0 Å². The number of rotatable bonds is 6. The highest BCUT2D eigenvalue weighted by atomic mass is 16.5. The SMILES string of the molecule is COC(=O)/C=C/CCCC1C2CCC(C2)C1CO. The predicted molar refractivity (Wildman–Crippen MR) is 69.9 cm³/mol. The monoisotopic (exact) mass is 252 g/mol. The molecule has 0 radical (unpaired) electrons. The highest BCUT2D eigenvalue weighted by Gasteiger charge is 2.46. The van der Waals surface area contributed by atoms with Crippen molar-refractivity contribution in [3.63, 3.8) is 0 Å². The zero-order valence-electron chi connectivity index (χ0n) is 11.2. The molecule has 2 fully saturated rings. The van der Waals surface area contributed by atoms with Gasteiger partial charge in [-0.3, -0.25) is 0 Å². The number of hydrogen-bond acceptors (Lipinski definition) is 3. The minimum absolute atomic E-state index is 0.275. The Morgan fingerprint density at radius 1 is 1.33 bits per heavy atom. The molecule has 3 heteroatoms. The zero-order valence-corrected chi connectivity index (χ0v) is 11.2. The number of carbonyl (C=O) groups excluding carboxylic acids is 1. The molecule has 0 aromatic heterocycles. The van der Waals surface area contributed by atoms with Crippen LogP contribution in [0.15, 0.2) is 12.2 Å². The van der Waals surface area contributed by atoms with Crippen molar-refractivity contribution in [1.29, 1.82) is 0 Å². The van der Waals surface area contributed by atoms with Crippen molar-refractivity contribution in [3.8, 4) is 0 Å². The van der Waals surface area contributed by atoms with E-state index in [1.165, 1.54) is 38.9 Å². The Hall–Kier alpha value is -0.830. The van der Waals surface area contributed by atoms with Crippen LogP contribution in [0.1, 0.15) is 38.5 Å². The van der Waals surface area contributed by atoms with Crippen LogP contribution in [-0.4, -0.2) is 24.8 Å². The molecule has 2 aliphatic rings. The molecule has 2 rings (SSSR count). The summed E-state index contributed by atoms with van der Waals surface area (Å²) in [4.78, 5) is 10.9. The van der Waals surface area contributed by atoms with E-state index in [-0.39, 0.29) is 5.97 Å². The fraction of sp³-hybridized carbons (Fsp3) is 0.800. The van der Waals surface area contributed by atoms with E-state index in [1.54, 1.807) is 0 Å². The van der Waals surface area contributed by atoms with Gasteiger partial charge in [0, 0.05) is 12.7 Å². The summed E-state index contributed by atoms with van der Waals surface area (Å²) in [6.45, 7) is 0.365. The molecule has 0 aromatic rings. The molecule has 102 valence electrons. The Balaban J connectivity index is 1.70. The third kappa shape index (κ3) is 2.94. The van der Waals surface area contributed by atoms with E-state index in [0.717, 1.165) is 30.6 Å². The number of allylic oxidation sites excluding steroid dienone is 1. The van der Waals surface area contributed by atoms with E-state index in [0.29, 0.717) is 12.5 Å². The van der Waals surface area contributed by atoms with Gasteiger partial charge in [0.1, 0.15) is 0 Å². The van der Waals surface area contributed by atoms with Gasteiger partial charge in [0.15, 0.2) is 0 Å². The molecule has 0 amide bonds. The van der Waals surface area contributed by atoms with E-state index in [9.17, 15) is 9.90 Å².